The Bertz CT molecular complexity index is 1130. The first-order valence-electron chi connectivity index (χ1n) is 8.28. The average molecular weight is 453 g/mol. The van der Waals surface area contributed by atoms with Crippen molar-refractivity contribution >= 4 is 35.0 Å². The number of hydrogen-bond acceptors (Lipinski definition) is 5. The standard InChI is InChI=1S/C18H12Cl2F2N6S/c19-13-4-3-12(8-14(13)20)28-16(11-2-1-5-23-9-11)25-26-18(28)29-10-15-24-6-7-27(15)17(21)22/h1-9,17H,10H2. The van der Waals surface area contributed by atoms with Crippen molar-refractivity contribution in [2.75, 3.05) is 0 Å². The van der Waals surface area contributed by atoms with Crippen LogP contribution in [0, 0.1) is 0 Å². The van der Waals surface area contributed by atoms with Crippen LogP contribution in [0.4, 0.5) is 8.78 Å². The van der Waals surface area contributed by atoms with Crippen LogP contribution in [-0.2, 0) is 5.75 Å². The third-order valence-corrected chi connectivity index (χ3v) is 5.67. The molecule has 0 fully saturated rings. The van der Waals surface area contributed by atoms with Crippen LogP contribution in [0.3, 0.4) is 0 Å². The Hall–Kier alpha value is -2.49. The Morgan fingerprint density at radius 1 is 1.07 bits per heavy atom. The van der Waals surface area contributed by atoms with Crippen molar-refractivity contribution in [3.8, 4) is 17.1 Å². The Morgan fingerprint density at radius 3 is 2.66 bits per heavy atom. The minimum absolute atomic E-state index is 0.184. The molecule has 1 aromatic carbocycles. The number of alkyl halides is 2. The van der Waals surface area contributed by atoms with Crippen LogP contribution in [0.5, 0.6) is 0 Å². The molecule has 0 bridgehead atoms. The predicted molar refractivity (Wildman–Crippen MR) is 108 cm³/mol. The number of nitrogens with zero attached hydrogens (tertiary/aromatic N) is 6. The fourth-order valence-corrected chi connectivity index (χ4v) is 3.86. The molecule has 0 saturated carbocycles. The zero-order valence-electron chi connectivity index (χ0n) is 14.6. The van der Waals surface area contributed by atoms with Gasteiger partial charge in [-0.2, -0.15) is 8.78 Å². The maximum atomic E-state index is 13.1. The maximum Gasteiger partial charge on any atom is 0.319 e. The van der Waals surface area contributed by atoms with Gasteiger partial charge >= 0.3 is 6.55 Å². The minimum Gasteiger partial charge on any atom is -0.277 e. The van der Waals surface area contributed by atoms with E-state index in [1.54, 1.807) is 41.2 Å². The van der Waals surface area contributed by atoms with Crippen LogP contribution < -0.4 is 0 Å². The summed E-state index contributed by atoms with van der Waals surface area (Å²) in [6.07, 6.45) is 5.90. The van der Waals surface area contributed by atoms with Gasteiger partial charge in [0, 0.05) is 30.4 Å². The number of hydrogen-bond donors (Lipinski definition) is 0. The molecule has 0 amide bonds. The maximum absolute atomic E-state index is 13.1. The van der Waals surface area contributed by atoms with E-state index in [0.717, 1.165) is 10.1 Å². The molecule has 0 N–H and O–H groups in total. The summed E-state index contributed by atoms with van der Waals surface area (Å²) in [6, 6.07) is 8.78. The van der Waals surface area contributed by atoms with Gasteiger partial charge < -0.3 is 0 Å². The lowest BCUT2D eigenvalue weighted by molar-refractivity contribution is 0.0678. The van der Waals surface area contributed by atoms with E-state index in [9.17, 15) is 8.78 Å². The van der Waals surface area contributed by atoms with E-state index >= 15 is 0 Å². The molecule has 29 heavy (non-hydrogen) atoms. The molecule has 3 aromatic heterocycles. The van der Waals surface area contributed by atoms with E-state index < -0.39 is 6.55 Å². The Morgan fingerprint density at radius 2 is 1.93 bits per heavy atom. The number of aromatic nitrogens is 6. The average Bonchev–Trinajstić information content (AvgIpc) is 3.36. The first-order chi connectivity index (χ1) is 14.0. The van der Waals surface area contributed by atoms with Crippen LogP contribution in [0.2, 0.25) is 10.0 Å². The molecule has 0 aliphatic rings. The summed E-state index contributed by atoms with van der Waals surface area (Å²) >= 11 is 13.5. The summed E-state index contributed by atoms with van der Waals surface area (Å²) in [5.41, 5.74) is 1.43. The van der Waals surface area contributed by atoms with Crippen molar-refractivity contribution < 1.29 is 8.78 Å². The molecule has 4 rings (SSSR count). The number of halogens is 4. The zero-order chi connectivity index (χ0) is 20.4. The fraction of sp³-hybridized carbons (Fsp3) is 0.111. The van der Waals surface area contributed by atoms with Crippen molar-refractivity contribution in [3.63, 3.8) is 0 Å². The van der Waals surface area contributed by atoms with Gasteiger partial charge in [-0.05, 0) is 30.3 Å². The third kappa shape index (κ3) is 4.12. The van der Waals surface area contributed by atoms with E-state index in [4.69, 9.17) is 23.2 Å². The van der Waals surface area contributed by atoms with Gasteiger partial charge in [0.15, 0.2) is 11.0 Å². The first-order valence-corrected chi connectivity index (χ1v) is 10.0. The molecular formula is C18H12Cl2F2N6S. The fourth-order valence-electron chi connectivity index (χ4n) is 2.66. The summed E-state index contributed by atoms with van der Waals surface area (Å²) < 4.78 is 28.8. The molecule has 0 radical (unpaired) electrons. The number of pyridine rings is 1. The molecule has 0 unspecified atom stereocenters. The summed E-state index contributed by atoms with van der Waals surface area (Å²) in [5, 5.41) is 9.80. The van der Waals surface area contributed by atoms with E-state index in [-0.39, 0.29) is 11.6 Å². The van der Waals surface area contributed by atoms with Gasteiger partial charge in [-0.25, -0.2) is 4.98 Å². The quantitative estimate of drug-likeness (QED) is 0.360. The molecular weight excluding hydrogens is 441 g/mol. The molecule has 0 aliphatic heterocycles. The van der Waals surface area contributed by atoms with Gasteiger partial charge in [-0.1, -0.05) is 35.0 Å². The molecule has 0 saturated heterocycles. The summed E-state index contributed by atoms with van der Waals surface area (Å²) in [6.45, 7) is -2.66. The van der Waals surface area contributed by atoms with Gasteiger partial charge in [-0.15, -0.1) is 10.2 Å². The normalized spacial score (nSPS) is 11.3. The molecule has 4 aromatic rings. The Kier molecular flexibility index (Phi) is 5.79. The SMILES string of the molecule is FC(F)n1ccnc1CSc1nnc(-c2cccnc2)n1-c1ccc(Cl)c(Cl)c1. The molecule has 6 nitrogen and oxygen atoms in total. The molecule has 0 aliphatic carbocycles. The summed E-state index contributed by atoms with van der Waals surface area (Å²) in [4.78, 5) is 8.12. The summed E-state index contributed by atoms with van der Waals surface area (Å²) in [5.74, 6) is 0.955. The minimum atomic E-state index is -2.66. The number of imidazole rings is 1. The van der Waals surface area contributed by atoms with Crippen LogP contribution in [0.1, 0.15) is 12.4 Å². The highest BCUT2D eigenvalue weighted by Crippen LogP contribution is 2.32. The lowest BCUT2D eigenvalue weighted by Crippen LogP contribution is -2.04. The molecule has 3 heterocycles. The Labute approximate surface area is 178 Å². The van der Waals surface area contributed by atoms with Gasteiger partial charge in [0.25, 0.3) is 0 Å². The number of rotatable bonds is 6. The van der Waals surface area contributed by atoms with E-state index in [2.05, 4.69) is 20.2 Å². The topological polar surface area (TPSA) is 61.4 Å². The lowest BCUT2D eigenvalue weighted by Gasteiger charge is -2.11. The highest BCUT2D eigenvalue weighted by molar-refractivity contribution is 7.98. The van der Waals surface area contributed by atoms with Gasteiger partial charge in [-0.3, -0.25) is 14.1 Å². The van der Waals surface area contributed by atoms with Gasteiger partial charge in [0.05, 0.1) is 21.5 Å². The van der Waals surface area contributed by atoms with E-state index in [1.807, 2.05) is 6.07 Å². The lowest BCUT2D eigenvalue weighted by atomic mass is 10.2. The van der Waals surface area contributed by atoms with Crippen LogP contribution in [0.25, 0.3) is 17.1 Å². The molecule has 148 valence electrons. The predicted octanol–water partition coefficient (Wildman–Crippen LogP) is 5.52. The molecule has 11 heteroatoms. The van der Waals surface area contributed by atoms with Crippen molar-refractivity contribution in [2.45, 2.75) is 17.5 Å². The van der Waals surface area contributed by atoms with Gasteiger partial charge in [0.1, 0.15) is 5.82 Å². The highest BCUT2D eigenvalue weighted by Gasteiger charge is 2.19. The van der Waals surface area contributed by atoms with Crippen molar-refractivity contribution in [3.05, 3.63) is 71.0 Å². The highest BCUT2D eigenvalue weighted by atomic mass is 35.5. The number of benzene rings is 1. The third-order valence-electron chi connectivity index (χ3n) is 4.00. The second-order valence-corrected chi connectivity index (χ2v) is 7.56. The van der Waals surface area contributed by atoms with Crippen LogP contribution >= 0.6 is 35.0 Å². The molecule has 0 atom stereocenters. The van der Waals surface area contributed by atoms with Crippen LogP contribution in [0.15, 0.2) is 60.3 Å². The van der Waals surface area contributed by atoms with Crippen molar-refractivity contribution in [2.24, 2.45) is 0 Å². The first kappa shape index (κ1) is 19.8. The van der Waals surface area contributed by atoms with Crippen LogP contribution in [-0.4, -0.2) is 29.3 Å². The second kappa shape index (κ2) is 8.48. The Balaban J connectivity index is 1.75. The molecule has 0 spiro atoms. The smallest absolute Gasteiger partial charge is 0.277 e. The summed E-state index contributed by atoms with van der Waals surface area (Å²) in [7, 11) is 0. The van der Waals surface area contributed by atoms with Gasteiger partial charge in [0.2, 0.25) is 0 Å². The van der Waals surface area contributed by atoms with E-state index in [1.165, 1.54) is 24.2 Å². The van der Waals surface area contributed by atoms with E-state index in [0.29, 0.717) is 26.7 Å². The monoisotopic (exact) mass is 452 g/mol. The second-order valence-electron chi connectivity index (χ2n) is 5.80. The zero-order valence-corrected chi connectivity index (χ0v) is 16.9. The largest absolute Gasteiger partial charge is 0.319 e. The van der Waals surface area contributed by atoms with Crippen molar-refractivity contribution in [1.29, 1.82) is 0 Å². The van der Waals surface area contributed by atoms with Crippen molar-refractivity contribution in [1.82, 2.24) is 29.3 Å². The number of thioether (sulfide) groups is 1.